The van der Waals surface area contributed by atoms with Crippen molar-refractivity contribution >= 4 is 17.8 Å². The van der Waals surface area contributed by atoms with E-state index in [0.29, 0.717) is 30.3 Å². The molecule has 2 heterocycles. The lowest BCUT2D eigenvalue weighted by molar-refractivity contribution is -0.141. The van der Waals surface area contributed by atoms with Gasteiger partial charge in [-0.2, -0.15) is 0 Å². The van der Waals surface area contributed by atoms with E-state index in [1.54, 1.807) is 30.0 Å². The number of nitrogens with one attached hydrogen (secondary N) is 1. The molecule has 3 rings (SSSR count). The molecule has 0 bridgehead atoms. The lowest BCUT2D eigenvalue weighted by Gasteiger charge is -2.35. The van der Waals surface area contributed by atoms with Crippen LogP contribution >= 0.6 is 0 Å². The van der Waals surface area contributed by atoms with Gasteiger partial charge in [-0.3, -0.25) is 14.5 Å². The number of rotatable bonds is 7. The van der Waals surface area contributed by atoms with E-state index in [0.717, 1.165) is 17.7 Å². The van der Waals surface area contributed by atoms with Gasteiger partial charge in [-0.05, 0) is 51.3 Å². The van der Waals surface area contributed by atoms with Gasteiger partial charge in [0.2, 0.25) is 5.91 Å². The monoisotopic (exact) mass is 417 g/mol. The fraction of sp³-hybridized carbons (Fsp3) is 0.591. The average Bonchev–Trinajstić information content (AvgIpc) is 2.97. The van der Waals surface area contributed by atoms with E-state index in [1.807, 2.05) is 27.7 Å². The van der Waals surface area contributed by atoms with Gasteiger partial charge in [-0.25, -0.2) is 4.79 Å². The summed E-state index contributed by atoms with van der Waals surface area (Å²) in [6.45, 7) is 10.3. The molecule has 1 fully saturated rings. The minimum atomic E-state index is -1.27. The van der Waals surface area contributed by atoms with Crippen molar-refractivity contribution in [3.63, 3.8) is 0 Å². The van der Waals surface area contributed by atoms with E-state index >= 15 is 0 Å². The maximum atomic E-state index is 13.2. The number of carbonyl (C=O) groups is 3. The minimum Gasteiger partial charge on any atom is -0.486 e. The fourth-order valence-corrected chi connectivity index (χ4v) is 3.93. The first-order valence-electron chi connectivity index (χ1n) is 10.6. The summed E-state index contributed by atoms with van der Waals surface area (Å²) in [5.74, 6) is 0.464. The molecule has 1 aromatic rings. The van der Waals surface area contributed by atoms with Gasteiger partial charge < -0.3 is 19.7 Å². The van der Waals surface area contributed by atoms with Crippen LogP contribution in [0.2, 0.25) is 0 Å². The van der Waals surface area contributed by atoms with Crippen LogP contribution in [-0.4, -0.2) is 59.5 Å². The number of hydrogen-bond acceptors (Lipinski definition) is 5. The van der Waals surface area contributed by atoms with Crippen LogP contribution in [0.15, 0.2) is 18.2 Å². The van der Waals surface area contributed by atoms with Gasteiger partial charge >= 0.3 is 6.03 Å². The number of amides is 4. The second kappa shape index (κ2) is 8.53. The third kappa shape index (κ3) is 3.82. The molecular weight excluding hydrogens is 386 g/mol. The third-order valence-electron chi connectivity index (χ3n) is 6.11. The first-order chi connectivity index (χ1) is 14.2. The Hall–Kier alpha value is -2.77. The Bertz CT molecular complexity index is 832. The van der Waals surface area contributed by atoms with E-state index in [2.05, 4.69) is 5.32 Å². The highest BCUT2D eigenvalue weighted by Gasteiger charge is 2.50. The number of carbonyl (C=O) groups excluding carboxylic acids is 3. The summed E-state index contributed by atoms with van der Waals surface area (Å²) in [7, 11) is 0. The molecule has 4 amide bonds. The van der Waals surface area contributed by atoms with Gasteiger partial charge in [0.1, 0.15) is 25.3 Å². The van der Waals surface area contributed by atoms with Gasteiger partial charge in [0.15, 0.2) is 11.5 Å². The highest BCUT2D eigenvalue weighted by molar-refractivity contribution is 6.09. The molecule has 8 nitrogen and oxygen atoms in total. The number of hydrogen-bond donors (Lipinski definition) is 1. The second-order valence-corrected chi connectivity index (χ2v) is 8.12. The number of benzene rings is 1. The van der Waals surface area contributed by atoms with Crippen molar-refractivity contribution in [2.45, 2.75) is 65.1 Å². The Morgan fingerprint density at radius 1 is 1.13 bits per heavy atom. The summed E-state index contributed by atoms with van der Waals surface area (Å²) in [4.78, 5) is 41.7. The Kier molecular flexibility index (Phi) is 6.24. The Morgan fingerprint density at radius 3 is 2.33 bits per heavy atom. The summed E-state index contributed by atoms with van der Waals surface area (Å²) in [5, 5.41) is 2.75. The van der Waals surface area contributed by atoms with Gasteiger partial charge in [-0.15, -0.1) is 0 Å². The maximum Gasteiger partial charge on any atom is 0.325 e. The average molecular weight is 418 g/mol. The van der Waals surface area contributed by atoms with E-state index < -0.39 is 17.5 Å². The van der Waals surface area contributed by atoms with Crippen molar-refractivity contribution in [1.29, 1.82) is 0 Å². The lowest BCUT2D eigenvalue weighted by atomic mass is 9.91. The van der Waals surface area contributed by atoms with Crippen LogP contribution in [0.5, 0.6) is 11.5 Å². The standard InChI is InChI=1S/C22H31N3O5/c1-6-14(3)25(15(4)7-2)19(26)13-24-20(27)22(5,23-21(24)28)16-8-9-17-18(12-16)30-11-10-29-17/h8-9,12,14-15H,6-7,10-11,13H2,1-5H3,(H,23,28)/t14-,15+,22-/m1/s1. The van der Waals surface area contributed by atoms with Crippen molar-refractivity contribution in [2.75, 3.05) is 19.8 Å². The normalized spacial score (nSPS) is 22.5. The fourth-order valence-electron chi connectivity index (χ4n) is 3.93. The van der Waals surface area contributed by atoms with Gasteiger partial charge in [0, 0.05) is 12.1 Å². The number of nitrogens with zero attached hydrogens (tertiary/aromatic N) is 2. The van der Waals surface area contributed by atoms with Gasteiger partial charge in [0.05, 0.1) is 0 Å². The van der Waals surface area contributed by atoms with Crippen molar-refractivity contribution in [3.05, 3.63) is 23.8 Å². The van der Waals surface area contributed by atoms with Crippen molar-refractivity contribution in [1.82, 2.24) is 15.1 Å². The lowest BCUT2D eigenvalue weighted by Crippen LogP contribution is -2.50. The largest absolute Gasteiger partial charge is 0.486 e. The van der Waals surface area contributed by atoms with E-state index in [-0.39, 0.29) is 24.5 Å². The molecule has 0 radical (unpaired) electrons. The number of urea groups is 1. The maximum absolute atomic E-state index is 13.2. The molecule has 1 saturated heterocycles. The van der Waals surface area contributed by atoms with Gasteiger partial charge in [-0.1, -0.05) is 19.9 Å². The molecule has 164 valence electrons. The van der Waals surface area contributed by atoms with Crippen LogP contribution in [0.1, 0.15) is 53.0 Å². The van der Waals surface area contributed by atoms with Crippen molar-refractivity contribution in [3.8, 4) is 11.5 Å². The van der Waals surface area contributed by atoms with Crippen molar-refractivity contribution in [2.24, 2.45) is 0 Å². The number of ether oxygens (including phenoxy) is 2. The zero-order valence-electron chi connectivity index (χ0n) is 18.4. The molecule has 0 aliphatic carbocycles. The van der Waals surface area contributed by atoms with E-state index in [1.165, 1.54) is 0 Å². The van der Waals surface area contributed by atoms with Crippen LogP contribution in [0.4, 0.5) is 4.79 Å². The topological polar surface area (TPSA) is 88.2 Å². The SMILES string of the molecule is CC[C@@H](C)N(C(=O)CN1C(=O)N[C@](C)(c2ccc3c(c2)OCCO3)C1=O)[C@@H](C)CC. The second-order valence-electron chi connectivity index (χ2n) is 8.12. The molecule has 1 aromatic carbocycles. The number of fused-ring (bicyclic) bond motifs is 1. The summed E-state index contributed by atoms with van der Waals surface area (Å²) in [6.07, 6.45) is 1.59. The molecule has 0 saturated carbocycles. The first kappa shape index (κ1) is 21.9. The minimum absolute atomic E-state index is 0.0254. The molecule has 3 atom stereocenters. The first-order valence-corrected chi connectivity index (χ1v) is 10.6. The smallest absolute Gasteiger partial charge is 0.325 e. The van der Waals surface area contributed by atoms with Crippen LogP contribution in [0.25, 0.3) is 0 Å². The molecule has 0 aromatic heterocycles. The highest BCUT2D eigenvalue weighted by Crippen LogP contribution is 2.36. The number of imide groups is 1. The molecule has 2 aliphatic rings. The zero-order valence-corrected chi connectivity index (χ0v) is 18.4. The Morgan fingerprint density at radius 2 is 1.73 bits per heavy atom. The molecule has 0 spiro atoms. The summed E-state index contributed by atoms with van der Waals surface area (Å²) in [6, 6.07) is 4.66. The Balaban J connectivity index is 1.82. The zero-order chi connectivity index (χ0) is 22.1. The molecule has 2 aliphatic heterocycles. The molecule has 8 heteroatoms. The molecular formula is C22H31N3O5. The molecule has 1 N–H and O–H groups in total. The molecule has 0 unspecified atom stereocenters. The summed E-state index contributed by atoms with van der Waals surface area (Å²) in [5.41, 5.74) is -0.689. The van der Waals surface area contributed by atoms with Crippen LogP contribution in [0, 0.1) is 0 Å². The quantitative estimate of drug-likeness (QED) is 0.689. The Labute approximate surface area is 177 Å². The van der Waals surface area contributed by atoms with E-state index in [9.17, 15) is 14.4 Å². The van der Waals surface area contributed by atoms with E-state index in [4.69, 9.17) is 9.47 Å². The summed E-state index contributed by atoms with van der Waals surface area (Å²) >= 11 is 0. The van der Waals surface area contributed by atoms with Crippen LogP contribution in [-0.2, 0) is 15.1 Å². The highest BCUT2D eigenvalue weighted by atomic mass is 16.6. The van der Waals surface area contributed by atoms with Crippen molar-refractivity contribution < 1.29 is 23.9 Å². The molecule has 30 heavy (non-hydrogen) atoms. The van der Waals surface area contributed by atoms with Crippen LogP contribution in [0.3, 0.4) is 0 Å². The summed E-state index contributed by atoms with van der Waals surface area (Å²) < 4.78 is 11.1. The predicted octanol–water partition coefficient (Wildman–Crippen LogP) is 2.65. The predicted molar refractivity (Wildman–Crippen MR) is 111 cm³/mol. The third-order valence-corrected chi connectivity index (χ3v) is 6.11. The van der Waals surface area contributed by atoms with Crippen LogP contribution < -0.4 is 14.8 Å². The van der Waals surface area contributed by atoms with Gasteiger partial charge in [0.25, 0.3) is 5.91 Å².